The zero-order valence-electron chi connectivity index (χ0n) is 19.5. The van der Waals surface area contributed by atoms with Gasteiger partial charge in [-0.3, -0.25) is 9.59 Å². The maximum Gasteiger partial charge on any atom is 0.259 e. The molecule has 176 valence electrons. The first-order valence-electron chi connectivity index (χ1n) is 11.3. The fraction of sp³-hybridized carbons (Fsp3) is 0.269. The van der Waals surface area contributed by atoms with Crippen LogP contribution in [0.1, 0.15) is 26.3 Å². The number of benzene rings is 2. The van der Waals surface area contributed by atoms with Crippen LogP contribution in [0, 0.1) is 0 Å². The molecular weight excluding hydrogens is 430 g/mol. The number of carbonyl (C=O) groups is 2. The van der Waals surface area contributed by atoms with Gasteiger partial charge in [0.15, 0.2) is 0 Å². The number of nitrogens with one attached hydrogen (secondary N) is 2. The Bertz CT molecular complexity index is 1150. The van der Waals surface area contributed by atoms with Crippen LogP contribution < -0.4 is 20.3 Å². The van der Waals surface area contributed by atoms with Gasteiger partial charge in [-0.05, 0) is 23.8 Å². The third-order valence-corrected chi connectivity index (χ3v) is 5.73. The van der Waals surface area contributed by atoms with E-state index in [1.54, 1.807) is 48.5 Å². The highest BCUT2D eigenvalue weighted by Crippen LogP contribution is 2.25. The maximum absolute atomic E-state index is 13.5. The van der Waals surface area contributed by atoms with E-state index in [1.165, 1.54) is 7.11 Å². The van der Waals surface area contributed by atoms with Crippen LogP contribution in [0.4, 0.5) is 11.5 Å². The summed E-state index contributed by atoms with van der Waals surface area (Å²) in [6.07, 6.45) is 1.60. The van der Waals surface area contributed by atoms with E-state index in [0.29, 0.717) is 34.9 Å². The lowest BCUT2D eigenvalue weighted by molar-refractivity contribution is 0.0785. The largest absolute Gasteiger partial charge is 0.496 e. The molecule has 1 aromatic heterocycles. The summed E-state index contributed by atoms with van der Waals surface area (Å²) in [5.41, 5.74) is 2.35. The van der Waals surface area contributed by atoms with Gasteiger partial charge in [0.05, 0.1) is 30.1 Å². The Hall–Kier alpha value is -3.91. The molecule has 4 rings (SSSR count). The molecule has 8 nitrogen and oxygen atoms in total. The third kappa shape index (κ3) is 5.35. The van der Waals surface area contributed by atoms with E-state index in [4.69, 9.17) is 4.74 Å². The van der Waals surface area contributed by atoms with Gasteiger partial charge in [-0.25, -0.2) is 4.98 Å². The molecule has 0 unspecified atom stereocenters. The number of nitrogens with zero attached hydrogens (tertiary/aromatic N) is 3. The highest BCUT2D eigenvalue weighted by molar-refractivity contribution is 6.07. The number of piperazine rings is 1. The number of methoxy groups -OCH3 is 1. The molecule has 0 atom stereocenters. The van der Waals surface area contributed by atoms with Gasteiger partial charge in [-0.2, -0.15) is 0 Å². The van der Waals surface area contributed by atoms with E-state index >= 15 is 0 Å². The maximum atomic E-state index is 13.5. The first-order chi connectivity index (χ1) is 16.6. The number of aromatic nitrogens is 1. The highest BCUT2D eigenvalue weighted by atomic mass is 16.5. The van der Waals surface area contributed by atoms with Crippen molar-refractivity contribution >= 4 is 23.3 Å². The third-order valence-electron chi connectivity index (χ3n) is 5.73. The molecule has 0 bridgehead atoms. The number of ether oxygens (including phenoxy) is 1. The Morgan fingerprint density at radius 3 is 2.50 bits per heavy atom. The van der Waals surface area contributed by atoms with E-state index in [2.05, 4.69) is 20.5 Å². The molecule has 34 heavy (non-hydrogen) atoms. The summed E-state index contributed by atoms with van der Waals surface area (Å²) in [5, 5.41) is 6.19. The topological polar surface area (TPSA) is 86.8 Å². The normalized spacial score (nSPS) is 13.3. The second kappa shape index (κ2) is 10.8. The molecule has 1 saturated heterocycles. The SMILES string of the molecule is COc1ccccc1C(=O)Nc1cnc(N2CCNCC2)c(C(=O)N(C)Cc2ccccc2)c1. The fourth-order valence-electron chi connectivity index (χ4n) is 3.98. The molecule has 0 spiro atoms. The van der Waals surface area contributed by atoms with Crippen LogP contribution in [0.2, 0.25) is 0 Å². The smallest absolute Gasteiger partial charge is 0.259 e. The molecule has 1 aliphatic rings. The van der Waals surface area contributed by atoms with Crippen LogP contribution in [0.5, 0.6) is 5.75 Å². The Morgan fingerprint density at radius 1 is 1.06 bits per heavy atom. The summed E-state index contributed by atoms with van der Waals surface area (Å²) in [6, 6.07) is 18.5. The number of rotatable bonds is 7. The number of para-hydroxylation sites is 1. The van der Waals surface area contributed by atoms with E-state index in [-0.39, 0.29) is 11.8 Å². The summed E-state index contributed by atoms with van der Waals surface area (Å²) >= 11 is 0. The first kappa shape index (κ1) is 23.3. The molecule has 2 amide bonds. The van der Waals surface area contributed by atoms with Crippen LogP contribution in [-0.2, 0) is 6.54 Å². The zero-order valence-corrected chi connectivity index (χ0v) is 19.5. The van der Waals surface area contributed by atoms with Crippen molar-refractivity contribution < 1.29 is 14.3 Å². The van der Waals surface area contributed by atoms with Crippen LogP contribution in [0.15, 0.2) is 66.9 Å². The average molecular weight is 460 g/mol. The van der Waals surface area contributed by atoms with Crippen molar-refractivity contribution in [1.29, 1.82) is 0 Å². The van der Waals surface area contributed by atoms with Crippen molar-refractivity contribution in [2.24, 2.45) is 0 Å². The van der Waals surface area contributed by atoms with Crippen molar-refractivity contribution in [2.75, 3.05) is 50.6 Å². The Labute approximate surface area is 199 Å². The minimum atomic E-state index is -0.329. The lowest BCUT2D eigenvalue weighted by Crippen LogP contribution is -2.44. The quantitative estimate of drug-likeness (QED) is 0.565. The molecule has 0 radical (unpaired) electrons. The summed E-state index contributed by atoms with van der Waals surface area (Å²) in [7, 11) is 3.30. The summed E-state index contributed by atoms with van der Waals surface area (Å²) in [4.78, 5) is 34.8. The Kier molecular flexibility index (Phi) is 7.39. The van der Waals surface area contributed by atoms with Gasteiger partial charge in [0, 0.05) is 39.8 Å². The molecule has 8 heteroatoms. The lowest BCUT2D eigenvalue weighted by atomic mass is 10.1. The number of hydrogen-bond donors (Lipinski definition) is 2. The zero-order chi connectivity index (χ0) is 23.9. The van der Waals surface area contributed by atoms with Crippen LogP contribution >= 0.6 is 0 Å². The second-order valence-electron chi connectivity index (χ2n) is 8.13. The van der Waals surface area contributed by atoms with Gasteiger partial charge in [-0.15, -0.1) is 0 Å². The number of carbonyl (C=O) groups excluding carboxylic acids is 2. The Morgan fingerprint density at radius 2 is 1.76 bits per heavy atom. The van der Waals surface area contributed by atoms with Crippen molar-refractivity contribution in [3.8, 4) is 5.75 Å². The van der Waals surface area contributed by atoms with E-state index in [1.807, 2.05) is 30.3 Å². The molecule has 2 aromatic carbocycles. The van der Waals surface area contributed by atoms with Crippen molar-refractivity contribution in [2.45, 2.75) is 6.54 Å². The van der Waals surface area contributed by atoms with Gasteiger partial charge >= 0.3 is 0 Å². The van der Waals surface area contributed by atoms with Crippen molar-refractivity contribution in [3.05, 3.63) is 83.6 Å². The summed E-state index contributed by atoms with van der Waals surface area (Å²) in [5.74, 6) is 0.620. The molecule has 1 fully saturated rings. The number of pyridine rings is 1. The van der Waals surface area contributed by atoms with Gasteiger partial charge in [0.25, 0.3) is 11.8 Å². The number of hydrogen-bond acceptors (Lipinski definition) is 6. The predicted octanol–water partition coefficient (Wildman–Crippen LogP) is 3.02. The highest BCUT2D eigenvalue weighted by Gasteiger charge is 2.24. The number of anilines is 2. The molecule has 2 heterocycles. The monoisotopic (exact) mass is 459 g/mol. The lowest BCUT2D eigenvalue weighted by Gasteiger charge is -2.30. The standard InChI is InChI=1S/C26H29N5O3/c1-30(18-19-8-4-3-5-9-19)26(33)22-16-20(17-28-24(22)31-14-12-27-13-15-31)29-25(32)21-10-6-7-11-23(21)34-2/h3-11,16-17,27H,12-15,18H2,1-2H3,(H,29,32). The minimum absolute atomic E-state index is 0.154. The van der Waals surface area contributed by atoms with Gasteiger partial charge < -0.3 is 25.2 Å². The van der Waals surface area contributed by atoms with Crippen molar-refractivity contribution in [3.63, 3.8) is 0 Å². The molecule has 1 aliphatic heterocycles. The van der Waals surface area contributed by atoms with E-state index in [9.17, 15) is 9.59 Å². The molecule has 2 N–H and O–H groups in total. The second-order valence-corrected chi connectivity index (χ2v) is 8.13. The molecule has 0 aliphatic carbocycles. The molecule has 0 saturated carbocycles. The average Bonchev–Trinajstić information content (AvgIpc) is 2.89. The van der Waals surface area contributed by atoms with Crippen LogP contribution in [0.25, 0.3) is 0 Å². The molecular formula is C26H29N5O3. The summed E-state index contributed by atoms with van der Waals surface area (Å²) in [6.45, 7) is 3.62. The van der Waals surface area contributed by atoms with Crippen LogP contribution in [0.3, 0.4) is 0 Å². The minimum Gasteiger partial charge on any atom is -0.496 e. The first-order valence-corrected chi connectivity index (χ1v) is 11.3. The fourth-order valence-corrected chi connectivity index (χ4v) is 3.98. The van der Waals surface area contributed by atoms with Gasteiger partial charge in [-0.1, -0.05) is 42.5 Å². The van der Waals surface area contributed by atoms with Gasteiger partial charge in [0.1, 0.15) is 11.6 Å². The number of amides is 2. The van der Waals surface area contributed by atoms with E-state index < -0.39 is 0 Å². The summed E-state index contributed by atoms with van der Waals surface area (Å²) < 4.78 is 5.30. The van der Waals surface area contributed by atoms with Crippen molar-refractivity contribution in [1.82, 2.24) is 15.2 Å². The Balaban J connectivity index is 1.62. The van der Waals surface area contributed by atoms with Crippen LogP contribution in [-0.4, -0.2) is 62.0 Å². The van der Waals surface area contributed by atoms with Gasteiger partial charge in [0.2, 0.25) is 0 Å². The molecule has 3 aromatic rings. The van der Waals surface area contributed by atoms with E-state index in [0.717, 1.165) is 31.7 Å². The predicted molar refractivity (Wildman–Crippen MR) is 133 cm³/mol.